The first-order chi connectivity index (χ1) is 15.7. The van der Waals surface area contributed by atoms with Crippen LogP contribution in [0.25, 0.3) is 5.57 Å². The molecule has 8 heteroatoms. The van der Waals surface area contributed by atoms with Crippen molar-refractivity contribution in [1.29, 1.82) is 0 Å². The van der Waals surface area contributed by atoms with Crippen LogP contribution in [0.15, 0.2) is 24.3 Å². The van der Waals surface area contributed by atoms with Gasteiger partial charge in [-0.2, -0.15) is 0 Å². The van der Waals surface area contributed by atoms with E-state index < -0.39 is 5.54 Å². The van der Waals surface area contributed by atoms with Gasteiger partial charge in [0.05, 0.1) is 37.5 Å². The third kappa shape index (κ3) is 6.34. The minimum atomic E-state index is -0.413. The quantitative estimate of drug-likeness (QED) is 0.571. The second kappa shape index (κ2) is 11.1. The second-order valence-corrected chi connectivity index (χ2v) is 9.22. The van der Waals surface area contributed by atoms with E-state index in [1.807, 2.05) is 30.0 Å². The summed E-state index contributed by atoms with van der Waals surface area (Å²) in [5.41, 5.74) is 2.71. The average Bonchev–Trinajstić information content (AvgIpc) is 2.75. The van der Waals surface area contributed by atoms with Crippen LogP contribution >= 0.6 is 0 Å². The molecule has 1 aromatic rings. The highest BCUT2D eigenvalue weighted by Gasteiger charge is 2.36. The maximum Gasteiger partial charge on any atom is 0.241 e. The van der Waals surface area contributed by atoms with E-state index >= 15 is 0 Å². The minimum Gasteiger partial charge on any atom is -0.494 e. The largest absolute Gasteiger partial charge is 0.494 e. The lowest BCUT2D eigenvalue weighted by Crippen LogP contribution is -2.55. The van der Waals surface area contributed by atoms with Gasteiger partial charge in [0.1, 0.15) is 5.75 Å². The molecule has 0 spiro atoms. The van der Waals surface area contributed by atoms with Crippen molar-refractivity contribution in [2.24, 2.45) is 0 Å². The van der Waals surface area contributed by atoms with Crippen LogP contribution < -0.4 is 15.0 Å². The summed E-state index contributed by atoms with van der Waals surface area (Å²) >= 11 is 0. The zero-order valence-electron chi connectivity index (χ0n) is 20.6. The molecule has 0 bridgehead atoms. The summed E-state index contributed by atoms with van der Waals surface area (Å²) in [4.78, 5) is 31.8. The molecule has 1 saturated heterocycles. The van der Waals surface area contributed by atoms with E-state index in [0.717, 1.165) is 48.8 Å². The smallest absolute Gasteiger partial charge is 0.241 e. The highest BCUT2D eigenvalue weighted by atomic mass is 16.5. The Morgan fingerprint density at radius 2 is 1.76 bits per heavy atom. The number of hydrogen-bond donors (Lipinski definition) is 1. The molecule has 0 aromatic heterocycles. The SMILES string of the molecule is CCOc1ccc2c(c1)C(C)=CC(C)(C)N2C(=O)CN1CCN(CC(=O)NCCOC)CC1. The number of carbonyl (C=O) groups excluding carboxylic acids is 2. The molecular formula is C25H38N4O4. The molecule has 1 N–H and O–H groups in total. The molecule has 1 aromatic carbocycles. The van der Waals surface area contributed by atoms with Crippen molar-refractivity contribution < 1.29 is 19.1 Å². The van der Waals surface area contributed by atoms with Crippen LogP contribution in [-0.4, -0.2) is 93.3 Å². The molecule has 3 rings (SSSR count). The first kappa shape index (κ1) is 25.2. The van der Waals surface area contributed by atoms with Gasteiger partial charge >= 0.3 is 0 Å². The van der Waals surface area contributed by atoms with E-state index in [4.69, 9.17) is 9.47 Å². The molecule has 0 aliphatic carbocycles. The van der Waals surface area contributed by atoms with Gasteiger partial charge in [0.2, 0.25) is 11.8 Å². The van der Waals surface area contributed by atoms with Crippen LogP contribution in [0.4, 0.5) is 5.69 Å². The molecule has 2 heterocycles. The van der Waals surface area contributed by atoms with Crippen molar-refractivity contribution in [2.45, 2.75) is 33.2 Å². The van der Waals surface area contributed by atoms with Gasteiger partial charge in [0.15, 0.2) is 0 Å². The number of ether oxygens (including phenoxy) is 2. The summed E-state index contributed by atoms with van der Waals surface area (Å²) in [7, 11) is 1.62. The topological polar surface area (TPSA) is 74.4 Å². The standard InChI is InChI=1S/C25H38N4O4/c1-6-33-20-7-8-22-21(15-20)19(2)16-25(3,4)29(22)24(31)18-28-12-10-27(11-13-28)17-23(30)26-9-14-32-5/h7-8,15-16H,6,9-14,17-18H2,1-5H3,(H,26,30). The fourth-order valence-electron chi connectivity index (χ4n) is 4.64. The number of anilines is 1. The number of carbonyl (C=O) groups is 2. The highest BCUT2D eigenvalue weighted by Crippen LogP contribution is 2.40. The number of allylic oxidation sites excluding steroid dienone is 1. The Morgan fingerprint density at radius 1 is 1.09 bits per heavy atom. The van der Waals surface area contributed by atoms with Gasteiger partial charge in [-0.3, -0.25) is 19.4 Å². The molecule has 0 radical (unpaired) electrons. The normalized spacial score (nSPS) is 18.5. The molecular weight excluding hydrogens is 420 g/mol. The maximum absolute atomic E-state index is 13.5. The third-order valence-electron chi connectivity index (χ3n) is 6.16. The Kier molecular flexibility index (Phi) is 8.51. The predicted octanol–water partition coefficient (Wildman–Crippen LogP) is 1.99. The minimum absolute atomic E-state index is 0.0110. The van der Waals surface area contributed by atoms with Gasteiger partial charge in [-0.1, -0.05) is 6.08 Å². The summed E-state index contributed by atoms with van der Waals surface area (Å²) in [6.45, 7) is 13.6. The highest BCUT2D eigenvalue weighted by molar-refractivity contribution is 6.01. The molecule has 8 nitrogen and oxygen atoms in total. The van der Waals surface area contributed by atoms with Crippen LogP contribution in [0.2, 0.25) is 0 Å². The monoisotopic (exact) mass is 458 g/mol. The Morgan fingerprint density at radius 3 is 2.39 bits per heavy atom. The van der Waals surface area contributed by atoms with E-state index in [0.29, 0.717) is 32.8 Å². The molecule has 2 aliphatic rings. The summed E-state index contributed by atoms with van der Waals surface area (Å²) in [6, 6.07) is 5.96. The fraction of sp³-hybridized carbons (Fsp3) is 0.600. The zero-order valence-corrected chi connectivity index (χ0v) is 20.6. The van der Waals surface area contributed by atoms with Crippen LogP contribution in [0, 0.1) is 0 Å². The number of hydrogen-bond acceptors (Lipinski definition) is 6. The van der Waals surface area contributed by atoms with Crippen LogP contribution in [0.1, 0.15) is 33.3 Å². The van der Waals surface area contributed by atoms with Crippen molar-refractivity contribution in [1.82, 2.24) is 15.1 Å². The second-order valence-electron chi connectivity index (χ2n) is 9.22. The van der Waals surface area contributed by atoms with Crippen LogP contribution in [0.3, 0.4) is 0 Å². The lowest BCUT2D eigenvalue weighted by atomic mass is 9.88. The van der Waals surface area contributed by atoms with Crippen LogP contribution in [0.5, 0.6) is 5.75 Å². The van der Waals surface area contributed by atoms with Crippen molar-refractivity contribution in [2.75, 3.05) is 71.0 Å². The van der Waals surface area contributed by atoms with E-state index in [9.17, 15) is 9.59 Å². The number of nitrogens with one attached hydrogen (secondary N) is 1. The van der Waals surface area contributed by atoms with Gasteiger partial charge in [0, 0.05) is 45.4 Å². The van der Waals surface area contributed by atoms with Crippen molar-refractivity contribution in [3.05, 3.63) is 29.8 Å². The van der Waals surface area contributed by atoms with E-state index in [1.165, 1.54) is 0 Å². The number of rotatable bonds is 9. The molecule has 1 fully saturated rings. The van der Waals surface area contributed by atoms with E-state index in [1.54, 1.807) is 7.11 Å². The number of piperazine rings is 1. The van der Waals surface area contributed by atoms with Crippen LogP contribution in [-0.2, 0) is 14.3 Å². The number of nitrogens with zero attached hydrogens (tertiary/aromatic N) is 3. The van der Waals surface area contributed by atoms with Crippen molar-refractivity contribution >= 4 is 23.1 Å². The van der Waals surface area contributed by atoms with Gasteiger partial charge in [-0.25, -0.2) is 0 Å². The molecule has 33 heavy (non-hydrogen) atoms. The molecule has 2 amide bonds. The number of amides is 2. The number of benzene rings is 1. The number of methoxy groups -OCH3 is 1. The summed E-state index contributed by atoms with van der Waals surface area (Å²) in [5, 5.41) is 2.86. The Balaban J connectivity index is 1.61. The Labute approximate surface area is 197 Å². The molecule has 0 unspecified atom stereocenters. The van der Waals surface area contributed by atoms with Gasteiger partial charge in [0.25, 0.3) is 0 Å². The zero-order chi connectivity index (χ0) is 24.0. The maximum atomic E-state index is 13.5. The van der Waals surface area contributed by atoms with Gasteiger partial charge in [-0.05, 0) is 51.5 Å². The van der Waals surface area contributed by atoms with Gasteiger partial charge < -0.3 is 19.7 Å². The molecule has 0 saturated carbocycles. The first-order valence-electron chi connectivity index (χ1n) is 11.7. The third-order valence-corrected chi connectivity index (χ3v) is 6.16. The van der Waals surface area contributed by atoms with Gasteiger partial charge in [-0.15, -0.1) is 0 Å². The molecule has 2 aliphatic heterocycles. The Bertz CT molecular complexity index is 875. The lowest BCUT2D eigenvalue weighted by Gasteiger charge is -2.43. The predicted molar refractivity (Wildman–Crippen MR) is 131 cm³/mol. The molecule has 0 atom stereocenters. The summed E-state index contributed by atoms with van der Waals surface area (Å²) < 4.78 is 10.6. The fourth-order valence-corrected chi connectivity index (χ4v) is 4.64. The molecule has 182 valence electrons. The first-order valence-corrected chi connectivity index (χ1v) is 11.7. The Hall–Kier alpha value is -2.42. The lowest BCUT2D eigenvalue weighted by molar-refractivity contribution is -0.124. The van der Waals surface area contributed by atoms with Crippen molar-refractivity contribution in [3.63, 3.8) is 0 Å². The average molecular weight is 459 g/mol. The summed E-state index contributed by atoms with van der Waals surface area (Å²) in [6.07, 6.45) is 2.16. The summed E-state index contributed by atoms with van der Waals surface area (Å²) in [5.74, 6) is 0.912. The van der Waals surface area contributed by atoms with E-state index in [2.05, 4.69) is 42.0 Å². The van der Waals surface area contributed by atoms with Crippen molar-refractivity contribution in [3.8, 4) is 5.75 Å². The van der Waals surface area contributed by atoms with E-state index in [-0.39, 0.29) is 11.8 Å². The number of fused-ring (bicyclic) bond motifs is 1.